The molecule has 0 aliphatic carbocycles. The molecule has 1 aromatic carbocycles. The van der Waals surface area contributed by atoms with Gasteiger partial charge in [-0.2, -0.15) is 0 Å². The Morgan fingerprint density at radius 2 is 1.80 bits per heavy atom. The number of nitrogens with zero attached hydrogens (tertiary/aromatic N) is 2. The maximum Gasteiger partial charge on any atom is 0.224 e. The molecular weight excluding hydrogens is 320 g/mol. The fourth-order valence-electron chi connectivity index (χ4n) is 3.08. The average Bonchev–Trinajstić information content (AvgIpc) is 2.61. The number of ether oxygens (including phenoxy) is 2. The lowest BCUT2D eigenvalue weighted by molar-refractivity contribution is -0.132. The quantitative estimate of drug-likeness (QED) is 0.793. The van der Waals surface area contributed by atoms with Gasteiger partial charge >= 0.3 is 0 Å². The van der Waals surface area contributed by atoms with E-state index in [2.05, 4.69) is 6.92 Å². The predicted molar refractivity (Wildman–Crippen MR) is 97.2 cm³/mol. The van der Waals surface area contributed by atoms with Crippen molar-refractivity contribution in [2.24, 2.45) is 5.92 Å². The van der Waals surface area contributed by atoms with Gasteiger partial charge in [-0.1, -0.05) is 6.92 Å². The Kier molecular flexibility index (Phi) is 6.67. The summed E-state index contributed by atoms with van der Waals surface area (Å²) in [4.78, 5) is 28.0. The predicted octanol–water partition coefficient (Wildman–Crippen LogP) is 2.71. The molecule has 0 aromatic heterocycles. The SMILES string of the molecule is COc1ccc(N(CCC(=O)N2CCC(C)CC2)C(C)=O)cc1OC. The van der Waals surface area contributed by atoms with Crippen LogP contribution >= 0.6 is 0 Å². The minimum Gasteiger partial charge on any atom is -0.493 e. The molecular formula is C19H28N2O4. The first-order chi connectivity index (χ1) is 12.0. The van der Waals surface area contributed by atoms with E-state index in [4.69, 9.17) is 9.47 Å². The van der Waals surface area contributed by atoms with E-state index < -0.39 is 0 Å². The highest BCUT2D eigenvalue weighted by atomic mass is 16.5. The topological polar surface area (TPSA) is 59.1 Å². The van der Waals surface area contributed by atoms with Gasteiger partial charge in [0.15, 0.2) is 11.5 Å². The van der Waals surface area contributed by atoms with Crippen molar-refractivity contribution in [2.75, 3.05) is 38.8 Å². The van der Waals surface area contributed by atoms with Crippen LogP contribution in [0.5, 0.6) is 11.5 Å². The molecule has 1 heterocycles. The van der Waals surface area contributed by atoms with E-state index in [1.165, 1.54) is 6.92 Å². The average molecular weight is 348 g/mol. The van der Waals surface area contributed by atoms with Gasteiger partial charge in [-0.05, 0) is 30.9 Å². The second-order valence-corrected chi connectivity index (χ2v) is 6.52. The molecule has 1 aromatic rings. The monoisotopic (exact) mass is 348 g/mol. The van der Waals surface area contributed by atoms with Gasteiger partial charge in [0.05, 0.1) is 14.2 Å². The van der Waals surface area contributed by atoms with E-state index in [1.807, 2.05) is 4.90 Å². The Labute approximate surface area is 149 Å². The van der Waals surface area contributed by atoms with Crippen molar-refractivity contribution in [1.29, 1.82) is 0 Å². The Morgan fingerprint density at radius 1 is 1.16 bits per heavy atom. The fraction of sp³-hybridized carbons (Fsp3) is 0.579. The molecule has 0 radical (unpaired) electrons. The molecule has 6 heteroatoms. The van der Waals surface area contributed by atoms with Crippen LogP contribution in [-0.4, -0.2) is 50.6 Å². The number of carbonyl (C=O) groups is 2. The Balaban J connectivity index is 2.04. The molecule has 1 aliphatic heterocycles. The van der Waals surface area contributed by atoms with Crippen LogP contribution in [0.25, 0.3) is 0 Å². The number of amides is 2. The van der Waals surface area contributed by atoms with E-state index >= 15 is 0 Å². The van der Waals surface area contributed by atoms with Crippen LogP contribution in [0.3, 0.4) is 0 Å². The number of benzene rings is 1. The van der Waals surface area contributed by atoms with Gasteiger partial charge in [-0.15, -0.1) is 0 Å². The highest BCUT2D eigenvalue weighted by Gasteiger charge is 2.22. The van der Waals surface area contributed by atoms with Crippen LogP contribution in [0.1, 0.15) is 33.1 Å². The first-order valence-electron chi connectivity index (χ1n) is 8.74. The molecule has 1 fully saturated rings. The van der Waals surface area contributed by atoms with Crippen molar-refractivity contribution >= 4 is 17.5 Å². The van der Waals surface area contributed by atoms with E-state index in [9.17, 15) is 9.59 Å². The van der Waals surface area contributed by atoms with Gasteiger partial charge in [-0.3, -0.25) is 9.59 Å². The molecule has 0 unspecified atom stereocenters. The van der Waals surface area contributed by atoms with Crippen molar-refractivity contribution < 1.29 is 19.1 Å². The van der Waals surface area contributed by atoms with Gasteiger partial charge in [0.2, 0.25) is 11.8 Å². The maximum atomic E-state index is 12.4. The van der Waals surface area contributed by atoms with Crippen molar-refractivity contribution in [3.8, 4) is 11.5 Å². The van der Waals surface area contributed by atoms with Crippen LogP contribution in [0, 0.1) is 5.92 Å². The standard InChI is InChI=1S/C19H28N2O4/c1-14-7-10-20(11-8-14)19(23)9-12-21(15(2)22)16-5-6-17(24-3)18(13-16)25-4/h5-6,13-14H,7-12H2,1-4H3. The van der Waals surface area contributed by atoms with Crippen molar-refractivity contribution in [2.45, 2.75) is 33.1 Å². The third-order valence-corrected chi connectivity index (χ3v) is 4.74. The molecule has 2 amide bonds. The number of hydrogen-bond acceptors (Lipinski definition) is 4. The largest absolute Gasteiger partial charge is 0.493 e. The second-order valence-electron chi connectivity index (χ2n) is 6.52. The van der Waals surface area contributed by atoms with Gasteiger partial charge in [0, 0.05) is 44.7 Å². The molecule has 0 N–H and O–H groups in total. The normalized spacial score (nSPS) is 15.0. The molecule has 1 aliphatic rings. The zero-order valence-corrected chi connectivity index (χ0v) is 15.6. The summed E-state index contributed by atoms with van der Waals surface area (Å²) in [5.41, 5.74) is 0.699. The van der Waals surface area contributed by atoms with Gasteiger partial charge in [-0.25, -0.2) is 0 Å². The summed E-state index contributed by atoms with van der Waals surface area (Å²) < 4.78 is 10.5. The Morgan fingerprint density at radius 3 is 2.36 bits per heavy atom. The summed E-state index contributed by atoms with van der Waals surface area (Å²) in [5, 5.41) is 0. The lowest BCUT2D eigenvalue weighted by Crippen LogP contribution is -2.40. The third kappa shape index (κ3) is 4.87. The van der Waals surface area contributed by atoms with E-state index in [0.717, 1.165) is 25.9 Å². The number of piperidine rings is 1. The van der Waals surface area contributed by atoms with E-state index in [0.29, 0.717) is 36.1 Å². The lowest BCUT2D eigenvalue weighted by atomic mass is 9.99. The fourth-order valence-corrected chi connectivity index (χ4v) is 3.08. The zero-order valence-electron chi connectivity index (χ0n) is 15.6. The highest BCUT2D eigenvalue weighted by Crippen LogP contribution is 2.31. The second kappa shape index (κ2) is 8.74. The van der Waals surface area contributed by atoms with Gasteiger partial charge in [0.25, 0.3) is 0 Å². The number of carbonyl (C=O) groups excluding carboxylic acids is 2. The highest BCUT2D eigenvalue weighted by molar-refractivity contribution is 5.92. The molecule has 0 saturated carbocycles. The third-order valence-electron chi connectivity index (χ3n) is 4.74. The number of anilines is 1. The van der Waals surface area contributed by atoms with Crippen molar-refractivity contribution in [3.63, 3.8) is 0 Å². The molecule has 2 rings (SSSR count). The molecule has 1 saturated heterocycles. The first kappa shape index (κ1) is 19.1. The lowest BCUT2D eigenvalue weighted by Gasteiger charge is -2.31. The molecule has 0 spiro atoms. The molecule has 6 nitrogen and oxygen atoms in total. The number of hydrogen-bond donors (Lipinski definition) is 0. The van der Waals surface area contributed by atoms with Crippen LogP contribution in [0.4, 0.5) is 5.69 Å². The van der Waals surface area contributed by atoms with Crippen molar-refractivity contribution in [3.05, 3.63) is 18.2 Å². The van der Waals surface area contributed by atoms with Gasteiger partial charge < -0.3 is 19.3 Å². The Bertz CT molecular complexity index is 609. The van der Waals surface area contributed by atoms with Crippen molar-refractivity contribution in [1.82, 2.24) is 4.90 Å². The molecule has 25 heavy (non-hydrogen) atoms. The molecule has 0 atom stereocenters. The summed E-state index contributed by atoms with van der Waals surface area (Å²) in [6, 6.07) is 5.32. The number of methoxy groups -OCH3 is 2. The van der Waals surface area contributed by atoms with E-state index in [-0.39, 0.29) is 11.8 Å². The van der Waals surface area contributed by atoms with Crippen LogP contribution in [0.15, 0.2) is 18.2 Å². The zero-order chi connectivity index (χ0) is 18.4. The minimum absolute atomic E-state index is 0.104. The van der Waals surface area contributed by atoms with Crippen LogP contribution in [0.2, 0.25) is 0 Å². The van der Waals surface area contributed by atoms with E-state index in [1.54, 1.807) is 37.3 Å². The molecule has 138 valence electrons. The minimum atomic E-state index is -0.104. The first-order valence-corrected chi connectivity index (χ1v) is 8.74. The summed E-state index contributed by atoms with van der Waals surface area (Å²) in [6.07, 6.45) is 2.43. The number of rotatable bonds is 6. The van der Waals surface area contributed by atoms with Gasteiger partial charge in [0.1, 0.15) is 0 Å². The van der Waals surface area contributed by atoms with Crippen LogP contribution in [-0.2, 0) is 9.59 Å². The summed E-state index contributed by atoms with van der Waals surface area (Å²) in [5.74, 6) is 1.85. The Hall–Kier alpha value is -2.24. The summed E-state index contributed by atoms with van der Waals surface area (Å²) >= 11 is 0. The summed E-state index contributed by atoms with van der Waals surface area (Å²) in [7, 11) is 3.12. The summed E-state index contributed by atoms with van der Waals surface area (Å²) in [6.45, 7) is 5.71. The molecule has 0 bridgehead atoms. The number of likely N-dealkylation sites (tertiary alicyclic amines) is 1. The smallest absolute Gasteiger partial charge is 0.224 e. The maximum absolute atomic E-state index is 12.4. The van der Waals surface area contributed by atoms with Crippen LogP contribution < -0.4 is 14.4 Å².